The Balaban J connectivity index is 1.66. The standard InChI is InChI=1S/C21H17ClN2O4/c1-13-21(26)24(12-14-5-2-3-6-16(14)22)17-11-15(8-9-18(17)28-13)23-20(25)19-7-4-10-27-19/h2-11,13H,12H2,1H3,(H,23,25). The van der Waals surface area contributed by atoms with Gasteiger partial charge in [-0.2, -0.15) is 0 Å². The van der Waals surface area contributed by atoms with Gasteiger partial charge in [-0.3, -0.25) is 9.59 Å². The second kappa shape index (κ2) is 7.40. The van der Waals surface area contributed by atoms with Gasteiger partial charge in [0, 0.05) is 10.7 Å². The van der Waals surface area contributed by atoms with Crippen molar-refractivity contribution in [3.63, 3.8) is 0 Å². The average molecular weight is 397 g/mol. The van der Waals surface area contributed by atoms with Crippen LogP contribution in [-0.4, -0.2) is 17.9 Å². The lowest BCUT2D eigenvalue weighted by Crippen LogP contribution is -2.44. The molecule has 4 rings (SSSR count). The molecule has 28 heavy (non-hydrogen) atoms. The minimum Gasteiger partial charge on any atom is -0.479 e. The number of hydrogen-bond acceptors (Lipinski definition) is 4. The number of benzene rings is 2. The van der Waals surface area contributed by atoms with Gasteiger partial charge in [-0.05, 0) is 48.9 Å². The Labute approximate surface area is 166 Å². The van der Waals surface area contributed by atoms with Crippen LogP contribution in [0, 0.1) is 0 Å². The molecule has 6 nitrogen and oxygen atoms in total. The van der Waals surface area contributed by atoms with Crippen molar-refractivity contribution in [3.05, 3.63) is 77.2 Å². The monoisotopic (exact) mass is 396 g/mol. The molecule has 1 aliphatic heterocycles. The smallest absolute Gasteiger partial charge is 0.291 e. The lowest BCUT2D eigenvalue weighted by atomic mass is 10.1. The maximum Gasteiger partial charge on any atom is 0.291 e. The summed E-state index contributed by atoms with van der Waals surface area (Å²) >= 11 is 6.28. The lowest BCUT2D eigenvalue weighted by Gasteiger charge is -2.33. The van der Waals surface area contributed by atoms with Crippen molar-refractivity contribution >= 4 is 34.8 Å². The van der Waals surface area contributed by atoms with Crippen LogP contribution in [0.2, 0.25) is 5.02 Å². The van der Waals surface area contributed by atoms with E-state index < -0.39 is 6.10 Å². The molecule has 0 fully saturated rings. The first-order valence-electron chi connectivity index (χ1n) is 8.73. The van der Waals surface area contributed by atoms with Crippen molar-refractivity contribution in [2.24, 2.45) is 0 Å². The minimum atomic E-state index is -0.612. The van der Waals surface area contributed by atoms with Gasteiger partial charge in [0.05, 0.1) is 18.5 Å². The van der Waals surface area contributed by atoms with E-state index in [-0.39, 0.29) is 17.6 Å². The topological polar surface area (TPSA) is 71.8 Å². The molecule has 2 amide bonds. The number of hydrogen-bond donors (Lipinski definition) is 1. The first kappa shape index (κ1) is 18.1. The number of carbonyl (C=O) groups excluding carboxylic acids is 2. The highest BCUT2D eigenvalue weighted by Gasteiger charge is 2.32. The van der Waals surface area contributed by atoms with Crippen molar-refractivity contribution < 1.29 is 18.7 Å². The Hall–Kier alpha value is -3.25. The number of nitrogens with zero attached hydrogens (tertiary/aromatic N) is 1. The summed E-state index contributed by atoms with van der Waals surface area (Å²) in [6, 6.07) is 15.7. The van der Waals surface area contributed by atoms with E-state index in [0.717, 1.165) is 5.56 Å². The second-order valence-corrected chi connectivity index (χ2v) is 6.80. The molecule has 1 unspecified atom stereocenters. The van der Waals surface area contributed by atoms with Gasteiger partial charge in [0.25, 0.3) is 11.8 Å². The number of rotatable bonds is 4. The van der Waals surface area contributed by atoms with Gasteiger partial charge in [0.1, 0.15) is 5.75 Å². The minimum absolute atomic E-state index is 0.179. The van der Waals surface area contributed by atoms with Crippen molar-refractivity contribution in [1.82, 2.24) is 0 Å². The summed E-state index contributed by atoms with van der Waals surface area (Å²) < 4.78 is 10.8. The second-order valence-electron chi connectivity index (χ2n) is 6.39. The number of halogens is 1. The largest absolute Gasteiger partial charge is 0.479 e. The highest BCUT2D eigenvalue weighted by Crippen LogP contribution is 2.37. The molecule has 0 aliphatic carbocycles. The van der Waals surface area contributed by atoms with E-state index >= 15 is 0 Å². The number of furan rings is 1. The first-order valence-corrected chi connectivity index (χ1v) is 9.11. The number of anilines is 2. The molecule has 1 aromatic heterocycles. The summed E-state index contributed by atoms with van der Waals surface area (Å²) in [5.41, 5.74) is 1.91. The van der Waals surface area contributed by atoms with Crippen LogP contribution in [0.4, 0.5) is 11.4 Å². The van der Waals surface area contributed by atoms with E-state index in [2.05, 4.69) is 5.32 Å². The van der Waals surface area contributed by atoms with Crippen LogP contribution in [-0.2, 0) is 11.3 Å². The highest BCUT2D eigenvalue weighted by molar-refractivity contribution is 6.31. The Bertz CT molecular complexity index is 1030. The molecule has 0 bridgehead atoms. The van der Waals surface area contributed by atoms with Gasteiger partial charge in [-0.15, -0.1) is 0 Å². The molecule has 1 N–H and O–H groups in total. The molecular weight excluding hydrogens is 380 g/mol. The van der Waals surface area contributed by atoms with Gasteiger partial charge in [0.15, 0.2) is 11.9 Å². The lowest BCUT2D eigenvalue weighted by molar-refractivity contribution is -0.125. The number of amides is 2. The Kier molecular flexibility index (Phi) is 4.79. The zero-order chi connectivity index (χ0) is 19.7. The molecule has 142 valence electrons. The third-order valence-electron chi connectivity index (χ3n) is 4.46. The Morgan fingerprint density at radius 3 is 2.75 bits per heavy atom. The van der Waals surface area contributed by atoms with E-state index in [9.17, 15) is 9.59 Å². The van der Waals surface area contributed by atoms with E-state index in [1.165, 1.54) is 6.26 Å². The van der Waals surface area contributed by atoms with Crippen LogP contribution in [0.15, 0.2) is 65.3 Å². The van der Waals surface area contributed by atoms with Gasteiger partial charge in [0.2, 0.25) is 0 Å². The SMILES string of the molecule is CC1Oc2ccc(NC(=O)c3ccco3)cc2N(Cc2ccccc2Cl)C1=O. The van der Waals surface area contributed by atoms with Crippen molar-refractivity contribution in [2.75, 3.05) is 10.2 Å². The van der Waals surface area contributed by atoms with Crippen LogP contribution in [0.3, 0.4) is 0 Å². The normalized spacial score (nSPS) is 15.7. The molecule has 0 saturated heterocycles. The molecule has 2 aromatic carbocycles. The molecule has 1 aliphatic rings. The number of carbonyl (C=O) groups is 2. The third kappa shape index (κ3) is 3.46. The Morgan fingerprint density at radius 1 is 1.18 bits per heavy atom. The maximum absolute atomic E-state index is 12.8. The molecule has 3 aromatic rings. The molecule has 2 heterocycles. The third-order valence-corrected chi connectivity index (χ3v) is 4.83. The van der Waals surface area contributed by atoms with Crippen LogP contribution in [0.1, 0.15) is 23.0 Å². The quantitative estimate of drug-likeness (QED) is 0.704. The summed E-state index contributed by atoms with van der Waals surface area (Å²) in [5, 5.41) is 3.35. The predicted octanol–water partition coefficient (Wildman–Crippen LogP) is 4.50. The zero-order valence-electron chi connectivity index (χ0n) is 15.0. The molecule has 0 spiro atoms. The summed E-state index contributed by atoms with van der Waals surface area (Å²) in [4.78, 5) is 26.6. The average Bonchev–Trinajstić information content (AvgIpc) is 3.22. The van der Waals surface area contributed by atoms with E-state index in [1.54, 1.807) is 48.2 Å². The van der Waals surface area contributed by atoms with E-state index in [1.807, 2.05) is 18.2 Å². The maximum atomic E-state index is 12.8. The summed E-state index contributed by atoms with van der Waals surface area (Å²) in [7, 11) is 0. The summed E-state index contributed by atoms with van der Waals surface area (Å²) in [5.74, 6) is 0.211. The number of ether oxygens (including phenoxy) is 1. The Morgan fingerprint density at radius 2 is 2.00 bits per heavy atom. The van der Waals surface area contributed by atoms with Gasteiger partial charge in [-0.1, -0.05) is 29.8 Å². The molecular formula is C21H17ClN2O4. The fraction of sp³-hybridized carbons (Fsp3) is 0.143. The summed E-state index contributed by atoms with van der Waals surface area (Å²) in [6.07, 6.45) is 0.819. The van der Waals surface area contributed by atoms with Crippen LogP contribution in [0.5, 0.6) is 5.75 Å². The first-order chi connectivity index (χ1) is 13.5. The zero-order valence-corrected chi connectivity index (χ0v) is 15.8. The van der Waals surface area contributed by atoms with E-state index in [4.69, 9.17) is 20.8 Å². The fourth-order valence-electron chi connectivity index (χ4n) is 3.05. The molecule has 1 atom stereocenters. The molecule has 0 radical (unpaired) electrons. The van der Waals surface area contributed by atoms with Crippen molar-refractivity contribution in [2.45, 2.75) is 19.6 Å². The number of nitrogens with one attached hydrogen (secondary N) is 1. The van der Waals surface area contributed by atoms with Crippen molar-refractivity contribution in [1.29, 1.82) is 0 Å². The van der Waals surface area contributed by atoms with Crippen LogP contribution in [0.25, 0.3) is 0 Å². The molecule has 7 heteroatoms. The highest BCUT2D eigenvalue weighted by atomic mass is 35.5. The summed E-state index contributed by atoms with van der Waals surface area (Å²) in [6.45, 7) is 2.01. The van der Waals surface area contributed by atoms with Crippen molar-refractivity contribution in [3.8, 4) is 5.75 Å². The van der Waals surface area contributed by atoms with Crippen LogP contribution < -0.4 is 15.0 Å². The van der Waals surface area contributed by atoms with Crippen LogP contribution >= 0.6 is 11.6 Å². The van der Waals surface area contributed by atoms with Gasteiger partial charge in [-0.25, -0.2) is 0 Å². The number of fused-ring (bicyclic) bond motifs is 1. The van der Waals surface area contributed by atoms with Gasteiger partial charge >= 0.3 is 0 Å². The van der Waals surface area contributed by atoms with Gasteiger partial charge < -0.3 is 19.4 Å². The van der Waals surface area contributed by atoms with E-state index in [0.29, 0.717) is 28.7 Å². The molecule has 0 saturated carbocycles. The predicted molar refractivity (Wildman–Crippen MR) is 106 cm³/mol. The fourth-order valence-corrected chi connectivity index (χ4v) is 3.24.